The molecule has 20 heavy (non-hydrogen) atoms. The first-order valence-electron chi connectivity index (χ1n) is 6.25. The molecule has 0 aliphatic heterocycles. The third kappa shape index (κ3) is 4.19. The minimum absolute atomic E-state index is 0.0469. The van der Waals surface area contributed by atoms with Crippen molar-refractivity contribution in [3.8, 4) is 0 Å². The molecule has 0 atom stereocenters. The standard InChI is InChI=1S/C13H18ClNO4S/c1-10(2)15(9-5-8-13(16)17)20(18,19)12-7-4-3-6-11(12)14/h3-4,6-7,10H,5,8-9H2,1-2H3,(H,16,17). The third-order valence-corrected chi connectivity index (χ3v) is 5.34. The molecule has 0 spiro atoms. The fourth-order valence-corrected chi connectivity index (χ4v) is 3.99. The summed E-state index contributed by atoms with van der Waals surface area (Å²) in [5.74, 6) is -0.941. The van der Waals surface area contributed by atoms with Gasteiger partial charge in [-0.25, -0.2) is 8.42 Å². The van der Waals surface area contributed by atoms with Gasteiger partial charge in [-0.1, -0.05) is 23.7 Å². The molecule has 5 nitrogen and oxygen atoms in total. The van der Waals surface area contributed by atoms with E-state index < -0.39 is 16.0 Å². The Morgan fingerprint density at radius 1 is 1.35 bits per heavy atom. The van der Waals surface area contributed by atoms with Gasteiger partial charge in [-0.3, -0.25) is 4.79 Å². The van der Waals surface area contributed by atoms with Crippen molar-refractivity contribution in [2.45, 2.75) is 37.6 Å². The predicted octanol–water partition coefficient (Wildman–Crippen LogP) is 2.60. The van der Waals surface area contributed by atoms with Gasteiger partial charge < -0.3 is 5.11 Å². The number of carboxylic acid groups (broad SMARTS) is 1. The number of nitrogens with zero attached hydrogens (tertiary/aromatic N) is 1. The second kappa shape index (κ2) is 7.06. The normalized spacial score (nSPS) is 12.1. The number of rotatable bonds is 7. The SMILES string of the molecule is CC(C)N(CCCC(=O)O)S(=O)(=O)c1ccccc1Cl. The van der Waals surface area contributed by atoms with E-state index in [0.717, 1.165) is 0 Å². The van der Waals surface area contributed by atoms with Crippen LogP contribution in [0.1, 0.15) is 26.7 Å². The van der Waals surface area contributed by atoms with Gasteiger partial charge in [0.05, 0.1) is 5.02 Å². The highest BCUT2D eigenvalue weighted by Gasteiger charge is 2.28. The molecular formula is C13H18ClNO4S. The van der Waals surface area contributed by atoms with E-state index in [2.05, 4.69) is 0 Å². The van der Waals surface area contributed by atoms with Gasteiger partial charge in [0.2, 0.25) is 10.0 Å². The van der Waals surface area contributed by atoms with Gasteiger partial charge in [0.25, 0.3) is 0 Å². The van der Waals surface area contributed by atoms with Crippen molar-refractivity contribution in [3.63, 3.8) is 0 Å². The molecule has 1 aromatic rings. The van der Waals surface area contributed by atoms with Gasteiger partial charge in [0.1, 0.15) is 4.90 Å². The van der Waals surface area contributed by atoms with Crippen LogP contribution in [0.25, 0.3) is 0 Å². The molecule has 0 heterocycles. The summed E-state index contributed by atoms with van der Waals surface area (Å²) in [5.41, 5.74) is 0. The molecule has 0 radical (unpaired) electrons. The van der Waals surface area contributed by atoms with E-state index >= 15 is 0 Å². The van der Waals surface area contributed by atoms with Crippen LogP contribution in [0.15, 0.2) is 29.2 Å². The molecule has 112 valence electrons. The van der Waals surface area contributed by atoms with Crippen LogP contribution in [0.3, 0.4) is 0 Å². The average molecular weight is 320 g/mol. The number of hydrogen-bond donors (Lipinski definition) is 1. The van der Waals surface area contributed by atoms with E-state index in [9.17, 15) is 13.2 Å². The number of halogens is 1. The molecule has 7 heteroatoms. The van der Waals surface area contributed by atoms with E-state index in [1.165, 1.54) is 16.4 Å². The van der Waals surface area contributed by atoms with Crippen LogP contribution in [0.4, 0.5) is 0 Å². The topological polar surface area (TPSA) is 74.7 Å². The van der Waals surface area contributed by atoms with Gasteiger partial charge in [-0.05, 0) is 32.4 Å². The zero-order chi connectivity index (χ0) is 15.3. The highest BCUT2D eigenvalue weighted by atomic mass is 35.5. The number of sulfonamides is 1. The van der Waals surface area contributed by atoms with Crippen LogP contribution < -0.4 is 0 Å². The van der Waals surface area contributed by atoms with Gasteiger partial charge in [0.15, 0.2) is 0 Å². The molecule has 0 saturated heterocycles. The van der Waals surface area contributed by atoms with Crippen molar-refractivity contribution in [2.75, 3.05) is 6.54 Å². The number of carbonyl (C=O) groups is 1. The first-order valence-corrected chi connectivity index (χ1v) is 8.06. The Morgan fingerprint density at radius 3 is 2.45 bits per heavy atom. The molecular weight excluding hydrogens is 302 g/mol. The van der Waals surface area contributed by atoms with Gasteiger partial charge in [0, 0.05) is 19.0 Å². The lowest BCUT2D eigenvalue weighted by atomic mass is 10.3. The second-order valence-corrected chi connectivity index (χ2v) is 6.90. The minimum Gasteiger partial charge on any atom is -0.481 e. The Bertz CT molecular complexity index is 571. The lowest BCUT2D eigenvalue weighted by Crippen LogP contribution is -2.38. The summed E-state index contributed by atoms with van der Waals surface area (Å²) in [6, 6.07) is 5.96. The van der Waals surface area contributed by atoms with Crippen molar-refractivity contribution in [1.82, 2.24) is 4.31 Å². The zero-order valence-corrected chi connectivity index (χ0v) is 13.0. The third-order valence-electron chi connectivity index (χ3n) is 2.77. The minimum atomic E-state index is -3.72. The molecule has 0 bridgehead atoms. The Hall–Kier alpha value is -1.11. The van der Waals surface area contributed by atoms with Crippen LogP contribution in [-0.2, 0) is 14.8 Å². The summed E-state index contributed by atoms with van der Waals surface area (Å²) in [6.07, 6.45) is 0.193. The van der Waals surface area contributed by atoms with Crippen LogP contribution in [0, 0.1) is 0 Å². The Kier molecular flexibility index (Phi) is 5.98. The maximum Gasteiger partial charge on any atom is 0.303 e. The quantitative estimate of drug-likeness (QED) is 0.838. The molecule has 1 N–H and O–H groups in total. The van der Waals surface area contributed by atoms with E-state index in [0.29, 0.717) is 0 Å². The molecule has 1 rings (SSSR count). The molecule has 0 saturated carbocycles. The molecule has 0 unspecified atom stereocenters. The maximum absolute atomic E-state index is 12.6. The van der Waals surface area contributed by atoms with E-state index in [1.54, 1.807) is 26.0 Å². The summed E-state index contributed by atoms with van der Waals surface area (Å²) < 4.78 is 26.4. The number of carboxylic acids is 1. The van der Waals surface area contributed by atoms with Crippen molar-refractivity contribution in [2.24, 2.45) is 0 Å². The fraction of sp³-hybridized carbons (Fsp3) is 0.462. The predicted molar refractivity (Wildman–Crippen MR) is 77.3 cm³/mol. The van der Waals surface area contributed by atoms with Crippen molar-refractivity contribution < 1.29 is 18.3 Å². The van der Waals surface area contributed by atoms with Crippen LogP contribution in [0.2, 0.25) is 5.02 Å². The highest BCUT2D eigenvalue weighted by molar-refractivity contribution is 7.89. The van der Waals surface area contributed by atoms with Gasteiger partial charge >= 0.3 is 5.97 Å². The number of benzene rings is 1. The van der Waals surface area contributed by atoms with Crippen molar-refractivity contribution >= 4 is 27.6 Å². The monoisotopic (exact) mass is 319 g/mol. The second-order valence-electron chi connectivity index (χ2n) is 4.64. The largest absolute Gasteiger partial charge is 0.481 e. The Morgan fingerprint density at radius 2 is 1.95 bits per heavy atom. The molecule has 0 aromatic heterocycles. The smallest absolute Gasteiger partial charge is 0.303 e. The Labute approximate surface area is 124 Å². The summed E-state index contributed by atoms with van der Waals surface area (Å²) in [6.45, 7) is 3.64. The van der Waals surface area contributed by atoms with Crippen LogP contribution in [-0.4, -0.2) is 36.4 Å². The van der Waals surface area contributed by atoms with E-state index in [4.69, 9.17) is 16.7 Å². The first-order chi connectivity index (χ1) is 9.26. The Balaban J connectivity index is 3.01. The average Bonchev–Trinajstić information content (AvgIpc) is 2.33. The maximum atomic E-state index is 12.6. The summed E-state index contributed by atoms with van der Waals surface area (Å²) >= 11 is 5.94. The zero-order valence-electron chi connectivity index (χ0n) is 11.4. The number of aliphatic carboxylic acids is 1. The number of hydrogen-bond acceptors (Lipinski definition) is 3. The van der Waals surface area contributed by atoms with Gasteiger partial charge in [-0.15, -0.1) is 0 Å². The summed E-state index contributed by atoms with van der Waals surface area (Å²) in [7, 11) is -3.72. The van der Waals surface area contributed by atoms with E-state index in [-0.39, 0.29) is 35.3 Å². The van der Waals surface area contributed by atoms with Crippen LogP contribution in [0.5, 0.6) is 0 Å². The van der Waals surface area contributed by atoms with Gasteiger partial charge in [-0.2, -0.15) is 4.31 Å². The highest BCUT2D eigenvalue weighted by Crippen LogP contribution is 2.25. The van der Waals surface area contributed by atoms with Crippen LogP contribution >= 0.6 is 11.6 Å². The summed E-state index contributed by atoms with van der Waals surface area (Å²) in [5, 5.41) is 8.80. The van der Waals surface area contributed by atoms with E-state index in [1.807, 2.05) is 0 Å². The molecule has 0 amide bonds. The fourth-order valence-electron chi connectivity index (χ4n) is 1.82. The lowest BCUT2D eigenvalue weighted by Gasteiger charge is -2.26. The summed E-state index contributed by atoms with van der Waals surface area (Å²) in [4.78, 5) is 10.6. The molecule has 0 aliphatic carbocycles. The lowest BCUT2D eigenvalue weighted by molar-refractivity contribution is -0.137. The molecule has 0 aliphatic rings. The first kappa shape index (κ1) is 16.9. The molecule has 0 fully saturated rings. The van der Waals surface area contributed by atoms with Crippen molar-refractivity contribution in [1.29, 1.82) is 0 Å². The molecule has 1 aromatic carbocycles. The van der Waals surface area contributed by atoms with Crippen molar-refractivity contribution in [3.05, 3.63) is 29.3 Å².